The van der Waals surface area contributed by atoms with Crippen LogP contribution < -0.4 is 10.9 Å². The number of nitrogens with zero attached hydrogens (tertiary/aromatic N) is 3. The molecule has 182 valence electrons. The Hall–Kier alpha value is -3.65. The lowest BCUT2D eigenvalue weighted by atomic mass is 10.0. The first kappa shape index (κ1) is 24.5. The summed E-state index contributed by atoms with van der Waals surface area (Å²) in [4.78, 5) is 17.7. The van der Waals surface area contributed by atoms with Crippen LogP contribution in [0.2, 0.25) is 0 Å². The predicted octanol–water partition coefficient (Wildman–Crippen LogP) is 5.41. The van der Waals surface area contributed by atoms with Crippen LogP contribution in [-0.2, 0) is 17.8 Å². The third kappa shape index (κ3) is 4.66. The lowest BCUT2D eigenvalue weighted by Gasteiger charge is -2.19. The average Bonchev–Trinajstić information content (AvgIpc) is 2.79. The van der Waals surface area contributed by atoms with Gasteiger partial charge < -0.3 is 14.3 Å². The highest BCUT2D eigenvalue weighted by Crippen LogP contribution is 2.32. The molecular weight excluding hydrogens is 462 g/mol. The van der Waals surface area contributed by atoms with Crippen LogP contribution >= 0.6 is 12.2 Å². The standard InChI is InChI=1S/C27H29N3O4S/c1-6-28-19-9-10-22-16(4)11-20(34-23(22)14-19)15-21-13-18(12-17(5)33-21)24-25(31)29(7-2)27(35)30(8-3)26(24)32/h9-15,31H,6-8H2,1-5H3/b21-15-,28-19?. The first-order valence-corrected chi connectivity index (χ1v) is 12.1. The molecule has 35 heavy (non-hydrogen) atoms. The van der Waals surface area contributed by atoms with Crippen LogP contribution in [0.4, 0.5) is 0 Å². The first-order valence-electron chi connectivity index (χ1n) is 11.7. The van der Waals surface area contributed by atoms with E-state index in [0.29, 0.717) is 47.3 Å². The lowest BCUT2D eigenvalue weighted by molar-refractivity contribution is 0.322. The molecule has 0 spiro atoms. The van der Waals surface area contributed by atoms with Crippen molar-refractivity contribution in [2.24, 2.45) is 4.99 Å². The molecule has 1 aromatic rings. The molecule has 8 heteroatoms. The molecule has 2 aliphatic heterocycles. The second-order valence-corrected chi connectivity index (χ2v) is 8.63. The number of benzene rings is 1. The molecular formula is C27H29N3O4S. The van der Waals surface area contributed by atoms with E-state index < -0.39 is 0 Å². The van der Waals surface area contributed by atoms with Crippen LogP contribution in [0.15, 0.2) is 62.1 Å². The number of aryl methyl sites for hydroxylation is 1. The topological polar surface area (TPSA) is 81.9 Å². The fourth-order valence-corrected chi connectivity index (χ4v) is 4.67. The second-order valence-electron chi connectivity index (χ2n) is 8.26. The summed E-state index contributed by atoms with van der Waals surface area (Å²) in [6.07, 6.45) is 5.24. The summed E-state index contributed by atoms with van der Waals surface area (Å²) < 4.78 is 15.4. The fourth-order valence-electron chi connectivity index (χ4n) is 4.24. The van der Waals surface area contributed by atoms with Gasteiger partial charge in [-0.05, 0) is 88.3 Å². The monoisotopic (exact) mass is 491 g/mol. The van der Waals surface area contributed by atoms with Gasteiger partial charge in [-0.2, -0.15) is 0 Å². The zero-order valence-electron chi connectivity index (χ0n) is 20.6. The van der Waals surface area contributed by atoms with Crippen molar-refractivity contribution in [2.75, 3.05) is 6.54 Å². The molecule has 4 rings (SSSR count). The molecule has 7 nitrogen and oxygen atoms in total. The molecule has 0 aromatic carbocycles. The number of ether oxygens (including phenoxy) is 1. The van der Waals surface area contributed by atoms with Crippen molar-refractivity contribution in [3.05, 3.63) is 85.3 Å². The van der Waals surface area contributed by atoms with E-state index in [1.807, 2.05) is 52.0 Å². The minimum atomic E-state index is -0.338. The normalized spacial score (nSPS) is 15.3. The summed E-state index contributed by atoms with van der Waals surface area (Å²) in [5, 5.41) is 11.8. The summed E-state index contributed by atoms with van der Waals surface area (Å²) >= 11 is 5.41. The van der Waals surface area contributed by atoms with Gasteiger partial charge in [-0.1, -0.05) is 0 Å². The Balaban J connectivity index is 1.87. The molecule has 0 atom stereocenters. The highest BCUT2D eigenvalue weighted by atomic mass is 32.1. The van der Waals surface area contributed by atoms with Gasteiger partial charge in [0.25, 0.3) is 5.56 Å². The first-order chi connectivity index (χ1) is 16.8. The van der Waals surface area contributed by atoms with Gasteiger partial charge in [0.2, 0.25) is 5.88 Å². The summed E-state index contributed by atoms with van der Waals surface area (Å²) in [7, 11) is 0. The Morgan fingerprint density at radius 1 is 1.09 bits per heavy atom. The van der Waals surface area contributed by atoms with E-state index in [2.05, 4.69) is 4.99 Å². The van der Waals surface area contributed by atoms with Crippen molar-refractivity contribution >= 4 is 23.9 Å². The number of allylic oxidation sites excluding steroid dienone is 4. The van der Waals surface area contributed by atoms with Crippen molar-refractivity contribution in [1.82, 2.24) is 9.13 Å². The van der Waals surface area contributed by atoms with Crippen LogP contribution in [0, 0.1) is 11.7 Å². The van der Waals surface area contributed by atoms with E-state index in [0.717, 1.165) is 22.2 Å². The number of aromatic nitrogens is 2. The molecule has 3 aliphatic rings. The largest absolute Gasteiger partial charge is 0.494 e. The maximum absolute atomic E-state index is 13.2. The number of fused-ring (bicyclic) bond motifs is 1. The maximum Gasteiger partial charge on any atom is 0.266 e. The van der Waals surface area contributed by atoms with Gasteiger partial charge in [-0.3, -0.25) is 18.9 Å². The number of hydrogen-bond acceptors (Lipinski definition) is 6. The van der Waals surface area contributed by atoms with Crippen LogP contribution in [0.5, 0.6) is 5.88 Å². The molecule has 0 amide bonds. The Morgan fingerprint density at radius 2 is 1.83 bits per heavy atom. The number of hydrogen-bond donors (Lipinski definition) is 1. The van der Waals surface area contributed by atoms with Gasteiger partial charge in [0.05, 0.1) is 5.36 Å². The van der Waals surface area contributed by atoms with E-state index in [1.165, 1.54) is 4.57 Å². The summed E-state index contributed by atoms with van der Waals surface area (Å²) in [6, 6.07) is 7.85. The van der Waals surface area contributed by atoms with Gasteiger partial charge in [-0.15, -0.1) is 0 Å². The zero-order chi connectivity index (χ0) is 25.3. The average molecular weight is 492 g/mol. The van der Waals surface area contributed by atoms with Crippen molar-refractivity contribution in [3.63, 3.8) is 0 Å². The van der Waals surface area contributed by atoms with Gasteiger partial charge in [0.15, 0.2) is 4.77 Å². The zero-order valence-corrected chi connectivity index (χ0v) is 21.4. The van der Waals surface area contributed by atoms with Crippen molar-refractivity contribution < 1.29 is 14.3 Å². The van der Waals surface area contributed by atoms with E-state index in [9.17, 15) is 9.90 Å². The van der Waals surface area contributed by atoms with Crippen molar-refractivity contribution in [3.8, 4) is 17.2 Å². The van der Waals surface area contributed by atoms with E-state index in [-0.39, 0.29) is 17.0 Å². The van der Waals surface area contributed by atoms with Crippen LogP contribution in [0.25, 0.3) is 23.0 Å². The third-order valence-electron chi connectivity index (χ3n) is 5.86. The van der Waals surface area contributed by atoms with Gasteiger partial charge in [0.1, 0.15) is 28.6 Å². The van der Waals surface area contributed by atoms with E-state index >= 15 is 0 Å². The molecule has 1 N–H and O–H groups in total. The van der Waals surface area contributed by atoms with Gasteiger partial charge >= 0.3 is 0 Å². The third-order valence-corrected chi connectivity index (χ3v) is 6.30. The molecule has 1 aliphatic carbocycles. The lowest BCUT2D eigenvalue weighted by Crippen LogP contribution is -2.27. The fraction of sp³-hybridized carbons (Fsp3) is 0.296. The predicted molar refractivity (Wildman–Crippen MR) is 140 cm³/mol. The molecule has 1 aromatic heterocycles. The van der Waals surface area contributed by atoms with Gasteiger partial charge in [-0.25, -0.2) is 0 Å². The molecule has 0 bridgehead atoms. The highest BCUT2D eigenvalue weighted by Gasteiger charge is 2.21. The second kappa shape index (κ2) is 9.92. The minimum absolute atomic E-state index is 0.151. The van der Waals surface area contributed by atoms with E-state index in [4.69, 9.17) is 21.4 Å². The Morgan fingerprint density at radius 3 is 2.51 bits per heavy atom. The molecule has 0 saturated heterocycles. The van der Waals surface area contributed by atoms with Crippen molar-refractivity contribution in [1.29, 1.82) is 0 Å². The smallest absolute Gasteiger partial charge is 0.266 e. The maximum atomic E-state index is 13.2. The van der Waals surface area contributed by atoms with Crippen LogP contribution in [0.1, 0.15) is 44.6 Å². The van der Waals surface area contributed by atoms with E-state index in [1.54, 1.807) is 29.7 Å². The van der Waals surface area contributed by atoms with Crippen LogP contribution in [-0.4, -0.2) is 20.8 Å². The number of aromatic hydroxyl groups is 1. The summed E-state index contributed by atoms with van der Waals surface area (Å²) in [5.74, 6) is 2.25. The van der Waals surface area contributed by atoms with Gasteiger partial charge in [0, 0.05) is 37.3 Å². The molecule has 0 fully saturated rings. The molecule has 0 unspecified atom stereocenters. The highest BCUT2D eigenvalue weighted by molar-refractivity contribution is 7.71. The number of rotatable bonds is 5. The SMILES string of the molecule is CCN=c1ccc2c(C)cc(/C=C3/C=C(c4c(O)n(CC)c(=S)n(CC)c4=O)C=C(C)O3)oc-2c1. The quantitative estimate of drug-likeness (QED) is 0.483. The Labute approximate surface area is 209 Å². The van der Waals surface area contributed by atoms with Crippen LogP contribution in [0.3, 0.4) is 0 Å². The minimum Gasteiger partial charge on any atom is -0.494 e. The molecule has 0 saturated carbocycles. The van der Waals surface area contributed by atoms with Crippen molar-refractivity contribution in [2.45, 2.75) is 47.7 Å². The Kier molecular flexibility index (Phi) is 6.93. The summed E-state index contributed by atoms with van der Waals surface area (Å²) in [5.41, 5.74) is 2.46. The molecule has 3 heterocycles. The summed E-state index contributed by atoms with van der Waals surface area (Å²) in [6.45, 7) is 11.1. The Bertz CT molecular complexity index is 1550. The molecule has 0 radical (unpaired) electrons.